The summed E-state index contributed by atoms with van der Waals surface area (Å²) in [5, 5.41) is 25.9. The van der Waals surface area contributed by atoms with E-state index >= 15 is 0 Å². The number of hydrogen-bond acceptors (Lipinski definition) is 5. The number of methoxy groups -OCH3 is 1. The number of ether oxygens (including phenoxy) is 1. The van der Waals surface area contributed by atoms with E-state index in [2.05, 4.69) is 0 Å². The van der Waals surface area contributed by atoms with Crippen molar-refractivity contribution in [1.82, 2.24) is 0 Å². The topological polar surface area (TPSA) is 93.8 Å². The Bertz CT molecular complexity index is 790. The van der Waals surface area contributed by atoms with Gasteiger partial charge in [0.25, 0.3) is 0 Å². The van der Waals surface area contributed by atoms with Crippen LogP contribution < -0.4 is 10.3 Å². The molecule has 1 heterocycles. The van der Waals surface area contributed by atoms with E-state index in [1.807, 2.05) is 12.1 Å². The van der Waals surface area contributed by atoms with Crippen LogP contribution in [0.3, 0.4) is 0 Å². The summed E-state index contributed by atoms with van der Waals surface area (Å²) in [5.74, 6) is 1.11. The summed E-state index contributed by atoms with van der Waals surface area (Å²) in [7, 11) is 1.57. The summed E-state index contributed by atoms with van der Waals surface area (Å²) in [5.41, 5.74) is 1.10. The first-order chi connectivity index (χ1) is 9.62. The van der Waals surface area contributed by atoms with Crippen molar-refractivity contribution in [3.63, 3.8) is 0 Å². The molecule has 98 valence electrons. The van der Waals surface area contributed by atoms with Crippen LogP contribution in [0, 0.1) is 35.0 Å². The highest BCUT2D eigenvalue weighted by Crippen LogP contribution is 2.27. The Kier molecular flexibility index (Phi) is 3.54. The second-order valence-electron chi connectivity index (χ2n) is 4.09. The fourth-order valence-electron chi connectivity index (χ4n) is 1.91. The Morgan fingerprint density at radius 1 is 1.10 bits per heavy atom. The van der Waals surface area contributed by atoms with Crippen molar-refractivity contribution in [1.29, 1.82) is 15.9 Å². The SMILES string of the molecule is COc1ccc(-c2oc(=N)c(C#N)c(C#N)c2C)cc1. The van der Waals surface area contributed by atoms with Gasteiger partial charge in [-0.15, -0.1) is 0 Å². The van der Waals surface area contributed by atoms with E-state index < -0.39 is 0 Å². The highest BCUT2D eigenvalue weighted by Gasteiger charge is 2.16. The molecule has 2 aromatic rings. The van der Waals surface area contributed by atoms with Gasteiger partial charge in [0.1, 0.15) is 29.2 Å². The molecule has 0 bridgehead atoms. The average molecular weight is 265 g/mol. The maximum Gasteiger partial charge on any atom is 0.231 e. The Balaban J connectivity index is 2.70. The van der Waals surface area contributed by atoms with E-state index in [4.69, 9.17) is 25.1 Å². The lowest BCUT2D eigenvalue weighted by atomic mass is 10.0. The molecule has 0 aliphatic carbocycles. The number of rotatable bonds is 2. The molecule has 1 N–H and O–H groups in total. The lowest BCUT2D eigenvalue weighted by molar-refractivity contribution is 0.415. The van der Waals surface area contributed by atoms with Crippen LogP contribution in [0.4, 0.5) is 0 Å². The van der Waals surface area contributed by atoms with Crippen molar-refractivity contribution in [2.24, 2.45) is 0 Å². The van der Waals surface area contributed by atoms with E-state index in [0.717, 1.165) is 5.56 Å². The normalized spacial score (nSPS) is 9.60. The maximum atomic E-state index is 9.16. The molecule has 0 aliphatic rings. The van der Waals surface area contributed by atoms with Crippen LogP contribution in [-0.4, -0.2) is 7.11 Å². The fourth-order valence-corrected chi connectivity index (χ4v) is 1.91. The minimum atomic E-state index is -0.305. The molecule has 0 saturated carbocycles. The number of benzene rings is 1. The minimum Gasteiger partial charge on any atom is -0.497 e. The first kappa shape index (κ1) is 13.4. The summed E-state index contributed by atoms with van der Waals surface area (Å²) in [6, 6.07) is 10.9. The van der Waals surface area contributed by atoms with Crippen molar-refractivity contribution in [2.45, 2.75) is 6.92 Å². The van der Waals surface area contributed by atoms with E-state index in [-0.39, 0.29) is 16.7 Å². The summed E-state index contributed by atoms with van der Waals surface area (Å²) < 4.78 is 10.5. The van der Waals surface area contributed by atoms with Gasteiger partial charge in [-0.1, -0.05) is 0 Å². The van der Waals surface area contributed by atoms with Gasteiger partial charge in [0.05, 0.1) is 12.7 Å². The van der Waals surface area contributed by atoms with Gasteiger partial charge in [0, 0.05) is 11.1 Å². The molecule has 0 spiro atoms. The van der Waals surface area contributed by atoms with Gasteiger partial charge in [-0.05, 0) is 31.2 Å². The molecule has 0 unspecified atom stereocenters. The predicted octanol–water partition coefficient (Wildman–Crippen LogP) is 2.49. The smallest absolute Gasteiger partial charge is 0.231 e. The van der Waals surface area contributed by atoms with Gasteiger partial charge in [-0.25, -0.2) is 0 Å². The van der Waals surface area contributed by atoms with Crippen molar-refractivity contribution >= 4 is 0 Å². The number of nitriles is 2. The summed E-state index contributed by atoms with van der Waals surface area (Å²) in [6.07, 6.45) is 0. The van der Waals surface area contributed by atoms with Gasteiger partial charge >= 0.3 is 0 Å². The molecule has 0 aliphatic heterocycles. The van der Waals surface area contributed by atoms with Gasteiger partial charge in [0.2, 0.25) is 5.55 Å². The molecule has 2 rings (SSSR count). The van der Waals surface area contributed by atoms with E-state index in [9.17, 15) is 0 Å². The standard InChI is InChI=1S/C15H11N3O2/c1-9-12(7-16)13(8-17)15(18)20-14(9)10-3-5-11(19-2)6-4-10/h3-6,18H,1-2H3. The van der Waals surface area contributed by atoms with E-state index in [0.29, 0.717) is 17.1 Å². The van der Waals surface area contributed by atoms with Crippen LogP contribution in [-0.2, 0) is 0 Å². The first-order valence-corrected chi connectivity index (χ1v) is 5.79. The zero-order chi connectivity index (χ0) is 14.7. The van der Waals surface area contributed by atoms with Gasteiger partial charge < -0.3 is 9.15 Å². The van der Waals surface area contributed by atoms with Crippen molar-refractivity contribution in [3.05, 3.63) is 46.5 Å². The van der Waals surface area contributed by atoms with Crippen molar-refractivity contribution in [2.75, 3.05) is 7.11 Å². The molecule has 0 saturated heterocycles. The third kappa shape index (κ3) is 2.13. The molecule has 20 heavy (non-hydrogen) atoms. The van der Waals surface area contributed by atoms with Crippen molar-refractivity contribution in [3.8, 4) is 29.2 Å². The zero-order valence-corrected chi connectivity index (χ0v) is 11.0. The third-order valence-electron chi connectivity index (χ3n) is 2.97. The van der Waals surface area contributed by atoms with Crippen LogP contribution >= 0.6 is 0 Å². The van der Waals surface area contributed by atoms with Crippen molar-refractivity contribution < 1.29 is 9.15 Å². The van der Waals surface area contributed by atoms with Gasteiger partial charge in [0.15, 0.2) is 0 Å². The lowest BCUT2D eigenvalue weighted by Gasteiger charge is -2.08. The Morgan fingerprint density at radius 3 is 2.20 bits per heavy atom. The average Bonchev–Trinajstić information content (AvgIpc) is 2.48. The zero-order valence-electron chi connectivity index (χ0n) is 11.0. The largest absolute Gasteiger partial charge is 0.497 e. The summed E-state index contributed by atoms with van der Waals surface area (Å²) >= 11 is 0. The molecule has 0 amide bonds. The van der Waals surface area contributed by atoms with Crippen LogP contribution in [0.1, 0.15) is 16.7 Å². The quantitative estimate of drug-likeness (QED) is 0.902. The van der Waals surface area contributed by atoms with Gasteiger partial charge in [-0.2, -0.15) is 10.5 Å². The third-order valence-corrected chi connectivity index (χ3v) is 2.97. The second-order valence-corrected chi connectivity index (χ2v) is 4.09. The highest BCUT2D eigenvalue weighted by atomic mass is 16.5. The molecule has 1 aromatic carbocycles. The van der Waals surface area contributed by atoms with E-state index in [1.54, 1.807) is 38.3 Å². The van der Waals surface area contributed by atoms with Crippen LogP contribution in [0.5, 0.6) is 5.75 Å². The lowest BCUT2D eigenvalue weighted by Crippen LogP contribution is -2.10. The Hall–Kier alpha value is -3.05. The molecule has 0 atom stereocenters. The maximum absolute atomic E-state index is 9.16. The molecular formula is C15H11N3O2. The molecule has 0 fully saturated rings. The summed E-state index contributed by atoms with van der Waals surface area (Å²) in [6.45, 7) is 1.70. The molecule has 1 aromatic heterocycles. The molecule has 0 radical (unpaired) electrons. The van der Waals surface area contributed by atoms with Crippen LogP contribution in [0.25, 0.3) is 11.3 Å². The Morgan fingerprint density at radius 2 is 1.70 bits per heavy atom. The van der Waals surface area contributed by atoms with Crippen LogP contribution in [0.2, 0.25) is 0 Å². The van der Waals surface area contributed by atoms with E-state index in [1.165, 1.54) is 0 Å². The number of nitrogens with zero attached hydrogens (tertiary/aromatic N) is 2. The number of nitrogens with one attached hydrogen (secondary N) is 1. The monoisotopic (exact) mass is 265 g/mol. The minimum absolute atomic E-state index is 0.0396. The highest BCUT2D eigenvalue weighted by molar-refractivity contribution is 5.66. The summed E-state index contributed by atoms with van der Waals surface area (Å²) in [4.78, 5) is 0. The van der Waals surface area contributed by atoms with Gasteiger partial charge in [-0.3, -0.25) is 5.41 Å². The first-order valence-electron chi connectivity index (χ1n) is 5.79. The molecule has 5 heteroatoms. The fraction of sp³-hybridized carbons (Fsp3) is 0.133. The molecular weight excluding hydrogens is 254 g/mol. The van der Waals surface area contributed by atoms with Crippen LogP contribution in [0.15, 0.2) is 28.7 Å². The number of hydrogen-bond donors (Lipinski definition) is 1. The molecule has 5 nitrogen and oxygen atoms in total. The predicted molar refractivity (Wildman–Crippen MR) is 70.7 cm³/mol. The Labute approximate surface area is 115 Å². The second kappa shape index (κ2) is 5.29.